The Morgan fingerprint density at radius 2 is 1.65 bits per heavy atom. The Kier molecular flexibility index (Phi) is 5.24. The number of hydrogen-bond acceptors (Lipinski definition) is 4. The van der Waals surface area contributed by atoms with E-state index in [0.29, 0.717) is 16.8 Å². The summed E-state index contributed by atoms with van der Waals surface area (Å²) in [5.74, 6) is 0.115. The molecule has 5 aromatic rings. The number of halogens is 3. The number of benzene rings is 3. The van der Waals surface area contributed by atoms with Crippen LogP contribution in [0.25, 0.3) is 27.8 Å². The number of para-hydroxylation sites is 1. The highest BCUT2D eigenvalue weighted by Gasteiger charge is 2.34. The summed E-state index contributed by atoms with van der Waals surface area (Å²) in [5.41, 5.74) is 0.708. The molecule has 0 unspecified atom stereocenters. The van der Waals surface area contributed by atoms with E-state index in [-0.39, 0.29) is 23.4 Å². The molecule has 2 heterocycles. The van der Waals surface area contributed by atoms with Crippen LogP contribution >= 0.6 is 0 Å². The zero-order valence-electron chi connectivity index (χ0n) is 18.0. The number of aromatic nitrogens is 5. The minimum absolute atomic E-state index is 0.0504. The Bertz CT molecular complexity index is 1550. The third-order valence-corrected chi connectivity index (χ3v) is 5.54. The normalized spacial score (nSPS) is 11.8. The van der Waals surface area contributed by atoms with E-state index >= 15 is 0 Å². The van der Waals surface area contributed by atoms with E-state index in [1.165, 1.54) is 22.9 Å². The van der Waals surface area contributed by atoms with Gasteiger partial charge in [0.15, 0.2) is 0 Å². The van der Waals surface area contributed by atoms with Gasteiger partial charge in [-0.25, -0.2) is 9.67 Å². The number of rotatable bonds is 4. The maximum absolute atomic E-state index is 13.8. The minimum atomic E-state index is -4.65. The number of aryl methyl sites for hydroxylation is 1. The van der Waals surface area contributed by atoms with Crippen LogP contribution in [0.5, 0.6) is 0 Å². The van der Waals surface area contributed by atoms with Crippen LogP contribution in [0.2, 0.25) is 0 Å². The van der Waals surface area contributed by atoms with Gasteiger partial charge in [0, 0.05) is 5.56 Å². The predicted octanol–water partition coefficient (Wildman–Crippen LogP) is 5.02. The zero-order valence-corrected chi connectivity index (χ0v) is 18.0. The van der Waals surface area contributed by atoms with E-state index in [9.17, 15) is 18.0 Å². The maximum atomic E-state index is 13.8. The molecule has 0 aliphatic carbocycles. The Balaban J connectivity index is 1.72. The fourth-order valence-electron chi connectivity index (χ4n) is 3.97. The standard InChI is InChI=1S/C25H18F3N5O/c1-16-8-7-12-19-23(16)24(34)33(21-13-6-5-11-18(21)25(26,27)28)22(29-19)15-32-14-20(30-31-32)17-9-3-2-4-10-17/h2-14H,15H2,1H3. The fourth-order valence-corrected chi connectivity index (χ4v) is 3.97. The summed E-state index contributed by atoms with van der Waals surface area (Å²) in [6.07, 6.45) is -2.98. The molecule has 34 heavy (non-hydrogen) atoms. The van der Waals surface area contributed by atoms with Gasteiger partial charge in [-0.1, -0.05) is 59.8 Å². The van der Waals surface area contributed by atoms with Gasteiger partial charge in [0.1, 0.15) is 18.1 Å². The lowest BCUT2D eigenvalue weighted by Crippen LogP contribution is -2.28. The summed E-state index contributed by atoms with van der Waals surface area (Å²) < 4.78 is 44.0. The van der Waals surface area contributed by atoms with E-state index in [2.05, 4.69) is 15.3 Å². The summed E-state index contributed by atoms with van der Waals surface area (Å²) in [6.45, 7) is 1.68. The predicted molar refractivity (Wildman–Crippen MR) is 122 cm³/mol. The van der Waals surface area contributed by atoms with Crippen molar-refractivity contribution in [3.05, 3.63) is 106 Å². The van der Waals surface area contributed by atoms with Gasteiger partial charge in [-0.15, -0.1) is 5.10 Å². The fraction of sp³-hybridized carbons (Fsp3) is 0.120. The molecule has 0 fully saturated rings. The SMILES string of the molecule is Cc1cccc2nc(Cn3cc(-c4ccccc4)nn3)n(-c3ccccc3C(F)(F)F)c(=O)c12. The van der Waals surface area contributed by atoms with E-state index < -0.39 is 17.3 Å². The molecule has 9 heteroatoms. The third-order valence-electron chi connectivity index (χ3n) is 5.54. The Morgan fingerprint density at radius 3 is 2.41 bits per heavy atom. The van der Waals surface area contributed by atoms with Crippen molar-refractivity contribution in [1.29, 1.82) is 0 Å². The van der Waals surface area contributed by atoms with Crippen molar-refractivity contribution in [3.63, 3.8) is 0 Å². The van der Waals surface area contributed by atoms with Crippen molar-refractivity contribution < 1.29 is 13.2 Å². The zero-order chi connectivity index (χ0) is 23.9. The molecule has 170 valence electrons. The molecule has 0 saturated carbocycles. The summed E-state index contributed by atoms with van der Waals surface area (Å²) in [5, 5.41) is 8.54. The van der Waals surface area contributed by atoms with Crippen LogP contribution in [0, 0.1) is 6.92 Å². The molecule has 0 saturated heterocycles. The smallest absolute Gasteiger partial charge is 0.268 e. The lowest BCUT2D eigenvalue weighted by molar-refractivity contribution is -0.137. The number of hydrogen-bond donors (Lipinski definition) is 0. The number of fused-ring (bicyclic) bond motifs is 1. The van der Waals surface area contributed by atoms with Gasteiger partial charge in [0.25, 0.3) is 5.56 Å². The average molecular weight is 461 g/mol. The summed E-state index contributed by atoms with van der Waals surface area (Å²) >= 11 is 0. The molecular formula is C25H18F3N5O. The molecule has 0 radical (unpaired) electrons. The monoisotopic (exact) mass is 461 g/mol. The molecular weight excluding hydrogens is 443 g/mol. The molecule has 0 aliphatic rings. The second-order valence-corrected chi connectivity index (χ2v) is 7.82. The molecule has 0 bridgehead atoms. The molecule has 0 amide bonds. The maximum Gasteiger partial charge on any atom is 0.418 e. The first-order valence-corrected chi connectivity index (χ1v) is 10.5. The van der Waals surface area contributed by atoms with Crippen LogP contribution in [-0.4, -0.2) is 24.5 Å². The molecule has 0 spiro atoms. The van der Waals surface area contributed by atoms with Crippen molar-refractivity contribution in [2.75, 3.05) is 0 Å². The second-order valence-electron chi connectivity index (χ2n) is 7.82. The molecule has 0 aliphatic heterocycles. The van der Waals surface area contributed by atoms with Crippen molar-refractivity contribution in [3.8, 4) is 16.9 Å². The van der Waals surface area contributed by atoms with E-state index in [1.807, 2.05) is 30.3 Å². The van der Waals surface area contributed by atoms with Crippen LogP contribution in [0.1, 0.15) is 17.0 Å². The van der Waals surface area contributed by atoms with Crippen molar-refractivity contribution in [1.82, 2.24) is 24.5 Å². The van der Waals surface area contributed by atoms with Crippen LogP contribution in [0.15, 0.2) is 83.8 Å². The van der Waals surface area contributed by atoms with Gasteiger partial charge in [-0.05, 0) is 30.7 Å². The third kappa shape index (κ3) is 3.85. The highest BCUT2D eigenvalue weighted by molar-refractivity contribution is 5.81. The van der Waals surface area contributed by atoms with Gasteiger partial charge in [0.2, 0.25) is 0 Å². The topological polar surface area (TPSA) is 65.6 Å². The number of nitrogens with zero attached hydrogens (tertiary/aromatic N) is 5. The van der Waals surface area contributed by atoms with Gasteiger partial charge in [0.05, 0.1) is 28.4 Å². The number of alkyl halides is 3. The first-order chi connectivity index (χ1) is 16.3. The first kappa shape index (κ1) is 21.6. The minimum Gasteiger partial charge on any atom is -0.268 e. The highest BCUT2D eigenvalue weighted by Crippen LogP contribution is 2.34. The largest absolute Gasteiger partial charge is 0.418 e. The second kappa shape index (κ2) is 8.26. The van der Waals surface area contributed by atoms with Gasteiger partial charge >= 0.3 is 6.18 Å². The summed E-state index contributed by atoms with van der Waals surface area (Å²) in [7, 11) is 0. The Hall–Kier alpha value is -4.27. The summed E-state index contributed by atoms with van der Waals surface area (Å²) in [4.78, 5) is 18.2. The van der Waals surface area contributed by atoms with E-state index in [1.54, 1.807) is 31.3 Å². The van der Waals surface area contributed by atoms with E-state index in [4.69, 9.17) is 0 Å². The van der Waals surface area contributed by atoms with Crippen LogP contribution in [0.3, 0.4) is 0 Å². The van der Waals surface area contributed by atoms with Gasteiger partial charge in [-0.2, -0.15) is 13.2 Å². The molecule has 6 nitrogen and oxygen atoms in total. The van der Waals surface area contributed by atoms with Crippen molar-refractivity contribution in [2.45, 2.75) is 19.6 Å². The molecule has 5 rings (SSSR count). The van der Waals surface area contributed by atoms with Crippen LogP contribution < -0.4 is 5.56 Å². The molecule has 0 atom stereocenters. The first-order valence-electron chi connectivity index (χ1n) is 10.5. The summed E-state index contributed by atoms with van der Waals surface area (Å²) in [6, 6.07) is 19.5. The lowest BCUT2D eigenvalue weighted by Gasteiger charge is -2.18. The quantitative estimate of drug-likeness (QED) is 0.377. The van der Waals surface area contributed by atoms with Gasteiger partial charge < -0.3 is 0 Å². The molecule has 3 aromatic carbocycles. The van der Waals surface area contributed by atoms with Crippen molar-refractivity contribution in [2.24, 2.45) is 0 Å². The molecule has 2 aromatic heterocycles. The highest BCUT2D eigenvalue weighted by atomic mass is 19.4. The lowest BCUT2D eigenvalue weighted by atomic mass is 10.1. The van der Waals surface area contributed by atoms with Crippen molar-refractivity contribution >= 4 is 10.9 Å². The molecule has 0 N–H and O–H groups in total. The average Bonchev–Trinajstić information content (AvgIpc) is 3.28. The van der Waals surface area contributed by atoms with E-state index in [0.717, 1.165) is 16.2 Å². The van der Waals surface area contributed by atoms with Gasteiger partial charge in [-0.3, -0.25) is 9.36 Å². The van der Waals surface area contributed by atoms with Crippen LogP contribution in [-0.2, 0) is 12.7 Å². The van der Waals surface area contributed by atoms with Crippen LogP contribution in [0.4, 0.5) is 13.2 Å². The Morgan fingerprint density at radius 1 is 0.912 bits per heavy atom. The Labute approximate surface area is 191 Å².